The first-order valence-electron chi connectivity index (χ1n) is 17.9. The molecule has 2 heterocycles. The van der Waals surface area contributed by atoms with Crippen LogP contribution in [0.25, 0.3) is 98.2 Å². The zero-order valence-corrected chi connectivity index (χ0v) is 29.6. The van der Waals surface area contributed by atoms with E-state index in [1.165, 1.54) is 58.8 Å². The van der Waals surface area contributed by atoms with Crippen molar-refractivity contribution in [1.29, 1.82) is 0 Å². The first kappa shape index (κ1) is 31.1. The van der Waals surface area contributed by atoms with Crippen LogP contribution < -0.4 is 0 Å². The van der Waals surface area contributed by atoms with E-state index >= 15 is 0 Å². The van der Waals surface area contributed by atoms with E-state index in [9.17, 15) is 0 Å². The van der Waals surface area contributed by atoms with Gasteiger partial charge in [-0.2, -0.15) is 0 Å². The molecule has 248 valence electrons. The molecule has 0 aliphatic heterocycles. The standard InChI is InChI=1S/C50H32N2S/c1-3-13-33(14-4-1)38-29-39(43-22-12-23-45-44-20-9-10-24-48(44)53-49(43)45)31-40(30-38)47-32-46(51-50(52-47)37-16-5-2-6-17-37)36-27-25-35(26-28-36)42-21-11-18-34-15-7-8-19-41(34)42/h1-32H. The minimum Gasteiger partial charge on any atom is -0.228 e. The van der Waals surface area contributed by atoms with Crippen molar-refractivity contribution in [1.82, 2.24) is 9.97 Å². The fraction of sp³-hybridized carbons (Fsp3) is 0. The lowest BCUT2D eigenvalue weighted by molar-refractivity contribution is 1.18. The molecule has 2 nitrogen and oxygen atoms in total. The molecule has 0 spiro atoms. The van der Waals surface area contributed by atoms with E-state index in [0.717, 1.165) is 33.6 Å². The summed E-state index contributed by atoms with van der Waals surface area (Å²) in [5.74, 6) is 0.703. The minimum absolute atomic E-state index is 0.703. The lowest BCUT2D eigenvalue weighted by Crippen LogP contribution is -1.96. The highest BCUT2D eigenvalue weighted by molar-refractivity contribution is 7.26. The minimum atomic E-state index is 0.703. The van der Waals surface area contributed by atoms with E-state index in [-0.39, 0.29) is 0 Å². The number of nitrogens with zero attached hydrogens (tertiary/aromatic N) is 2. The van der Waals surface area contributed by atoms with E-state index in [1.54, 1.807) is 0 Å². The Morgan fingerprint density at radius 1 is 0.321 bits per heavy atom. The monoisotopic (exact) mass is 692 g/mol. The molecule has 10 rings (SSSR count). The first-order chi connectivity index (χ1) is 26.2. The molecule has 0 unspecified atom stereocenters. The average molecular weight is 693 g/mol. The zero-order chi connectivity index (χ0) is 35.1. The van der Waals surface area contributed by atoms with Crippen molar-refractivity contribution < 1.29 is 0 Å². The van der Waals surface area contributed by atoms with Crippen molar-refractivity contribution in [3.63, 3.8) is 0 Å². The van der Waals surface area contributed by atoms with Crippen molar-refractivity contribution in [3.8, 4) is 67.3 Å². The number of hydrogen-bond donors (Lipinski definition) is 0. The van der Waals surface area contributed by atoms with Gasteiger partial charge < -0.3 is 0 Å². The molecule has 2 aromatic heterocycles. The van der Waals surface area contributed by atoms with Gasteiger partial charge in [-0.1, -0.05) is 164 Å². The van der Waals surface area contributed by atoms with Crippen molar-refractivity contribution in [2.75, 3.05) is 0 Å². The van der Waals surface area contributed by atoms with Gasteiger partial charge in [0, 0.05) is 36.9 Å². The van der Waals surface area contributed by atoms with Crippen LogP contribution in [0.4, 0.5) is 0 Å². The fourth-order valence-electron chi connectivity index (χ4n) is 7.46. The van der Waals surface area contributed by atoms with Crippen LogP contribution in [0.3, 0.4) is 0 Å². The molecule has 53 heavy (non-hydrogen) atoms. The molecule has 0 saturated heterocycles. The van der Waals surface area contributed by atoms with Crippen molar-refractivity contribution in [2.24, 2.45) is 0 Å². The zero-order valence-electron chi connectivity index (χ0n) is 28.8. The van der Waals surface area contributed by atoms with Gasteiger partial charge in [0.1, 0.15) is 0 Å². The number of aromatic nitrogens is 2. The van der Waals surface area contributed by atoms with Gasteiger partial charge in [0.2, 0.25) is 0 Å². The summed E-state index contributed by atoms with van der Waals surface area (Å²) < 4.78 is 2.60. The van der Waals surface area contributed by atoms with Gasteiger partial charge in [-0.05, 0) is 74.5 Å². The second-order valence-electron chi connectivity index (χ2n) is 13.4. The smallest absolute Gasteiger partial charge is 0.160 e. The van der Waals surface area contributed by atoms with E-state index in [1.807, 2.05) is 29.5 Å². The SMILES string of the molecule is c1ccc(-c2cc(-c3cc(-c4ccc(-c5cccc6ccccc56)cc4)nc(-c4ccccc4)n3)cc(-c3cccc4c3sc3ccccc34)c2)cc1. The topological polar surface area (TPSA) is 25.8 Å². The van der Waals surface area contributed by atoms with E-state index < -0.39 is 0 Å². The van der Waals surface area contributed by atoms with Gasteiger partial charge in [0.25, 0.3) is 0 Å². The largest absolute Gasteiger partial charge is 0.228 e. The molecule has 10 aromatic rings. The van der Waals surface area contributed by atoms with Crippen LogP contribution in [0.5, 0.6) is 0 Å². The summed E-state index contributed by atoms with van der Waals surface area (Å²) >= 11 is 1.86. The van der Waals surface area contributed by atoms with Gasteiger partial charge in [-0.3, -0.25) is 0 Å². The summed E-state index contributed by atoms with van der Waals surface area (Å²) in [6.07, 6.45) is 0. The predicted molar refractivity (Wildman–Crippen MR) is 225 cm³/mol. The summed E-state index contributed by atoms with van der Waals surface area (Å²) in [6.45, 7) is 0. The van der Waals surface area contributed by atoms with Crippen LogP contribution in [0.15, 0.2) is 194 Å². The molecule has 8 aromatic carbocycles. The Kier molecular flexibility index (Phi) is 7.71. The van der Waals surface area contributed by atoms with Gasteiger partial charge >= 0.3 is 0 Å². The Balaban J connectivity index is 1.15. The quantitative estimate of drug-likeness (QED) is 0.173. The highest BCUT2D eigenvalue weighted by Crippen LogP contribution is 2.42. The summed E-state index contributed by atoms with van der Waals surface area (Å²) in [6, 6.07) is 69.2. The maximum Gasteiger partial charge on any atom is 0.160 e. The van der Waals surface area contributed by atoms with Crippen LogP contribution in [0.1, 0.15) is 0 Å². The second-order valence-corrected chi connectivity index (χ2v) is 14.4. The van der Waals surface area contributed by atoms with Gasteiger partial charge in [0.05, 0.1) is 11.4 Å². The maximum atomic E-state index is 5.26. The molecule has 0 bridgehead atoms. The van der Waals surface area contributed by atoms with Crippen LogP contribution >= 0.6 is 11.3 Å². The Hall–Kier alpha value is -6.68. The van der Waals surface area contributed by atoms with Crippen LogP contribution in [-0.2, 0) is 0 Å². The molecule has 0 fully saturated rings. The molecular formula is C50H32N2S. The number of benzene rings is 8. The highest BCUT2D eigenvalue weighted by atomic mass is 32.1. The van der Waals surface area contributed by atoms with Gasteiger partial charge in [-0.15, -0.1) is 11.3 Å². The van der Waals surface area contributed by atoms with Crippen molar-refractivity contribution in [3.05, 3.63) is 194 Å². The molecule has 0 aliphatic carbocycles. The van der Waals surface area contributed by atoms with E-state index in [4.69, 9.17) is 9.97 Å². The Bertz CT molecular complexity index is 2920. The molecule has 0 atom stereocenters. The van der Waals surface area contributed by atoms with Crippen LogP contribution in [-0.4, -0.2) is 9.97 Å². The Morgan fingerprint density at radius 3 is 1.70 bits per heavy atom. The second kappa shape index (κ2) is 13.1. The van der Waals surface area contributed by atoms with E-state index in [2.05, 4.69) is 176 Å². The number of hydrogen-bond acceptors (Lipinski definition) is 3. The summed E-state index contributed by atoms with van der Waals surface area (Å²) in [5.41, 5.74) is 12.0. The summed E-state index contributed by atoms with van der Waals surface area (Å²) in [4.78, 5) is 10.4. The summed E-state index contributed by atoms with van der Waals surface area (Å²) in [5, 5.41) is 5.08. The van der Waals surface area contributed by atoms with Gasteiger partial charge in [-0.25, -0.2) is 9.97 Å². The molecule has 0 N–H and O–H groups in total. The number of rotatable bonds is 6. The lowest BCUT2D eigenvalue weighted by Gasteiger charge is -2.14. The fourth-order valence-corrected chi connectivity index (χ4v) is 8.70. The molecule has 0 saturated carbocycles. The van der Waals surface area contributed by atoms with Crippen molar-refractivity contribution in [2.45, 2.75) is 0 Å². The van der Waals surface area contributed by atoms with Crippen LogP contribution in [0, 0.1) is 0 Å². The molecule has 3 heteroatoms. The maximum absolute atomic E-state index is 5.26. The first-order valence-corrected chi connectivity index (χ1v) is 18.7. The van der Waals surface area contributed by atoms with Gasteiger partial charge in [0.15, 0.2) is 5.82 Å². The van der Waals surface area contributed by atoms with Crippen LogP contribution in [0.2, 0.25) is 0 Å². The third-order valence-electron chi connectivity index (χ3n) is 10.1. The summed E-state index contributed by atoms with van der Waals surface area (Å²) in [7, 11) is 0. The average Bonchev–Trinajstić information content (AvgIpc) is 3.63. The van der Waals surface area contributed by atoms with Crippen molar-refractivity contribution >= 4 is 42.3 Å². The predicted octanol–water partition coefficient (Wildman–Crippen LogP) is 14.0. The molecular weight excluding hydrogens is 661 g/mol. The third kappa shape index (κ3) is 5.78. The Morgan fingerprint density at radius 2 is 0.887 bits per heavy atom. The molecule has 0 radical (unpaired) electrons. The normalized spacial score (nSPS) is 11.4. The van der Waals surface area contributed by atoms with E-state index in [0.29, 0.717) is 5.82 Å². The number of thiophene rings is 1. The molecule has 0 aliphatic rings. The lowest BCUT2D eigenvalue weighted by atomic mass is 9.93. The Labute approximate surface area is 312 Å². The molecule has 0 amide bonds. The third-order valence-corrected chi connectivity index (χ3v) is 11.3. The number of fused-ring (bicyclic) bond motifs is 4. The highest BCUT2D eigenvalue weighted by Gasteiger charge is 2.16.